The first kappa shape index (κ1) is 15.1. The van der Waals surface area contributed by atoms with E-state index in [1.807, 2.05) is 30.3 Å². The number of methoxy groups -OCH3 is 1. The molecule has 0 amide bonds. The zero-order valence-corrected chi connectivity index (χ0v) is 11.8. The van der Waals surface area contributed by atoms with E-state index in [0.29, 0.717) is 11.7 Å². The van der Waals surface area contributed by atoms with Gasteiger partial charge in [0, 0.05) is 17.0 Å². The Bertz CT molecular complexity index is 356. The molecule has 1 aromatic rings. The Hall–Kier alpha value is -1.00. The molecule has 1 aromatic carbocycles. The predicted octanol–water partition coefficient (Wildman–Crippen LogP) is 2.76. The second-order valence-electron chi connectivity index (χ2n) is 4.08. The third-order valence-corrected chi connectivity index (χ3v) is 4.35. The Kier molecular flexibility index (Phi) is 6.83. The quantitative estimate of drug-likeness (QED) is 0.772. The maximum absolute atomic E-state index is 11.1. The molecule has 2 N–H and O–H groups in total. The maximum Gasteiger partial charge on any atom is 0.306 e. The van der Waals surface area contributed by atoms with E-state index in [4.69, 9.17) is 5.73 Å². The summed E-state index contributed by atoms with van der Waals surface area (Å²) in [5.74, 6) is 0.594. The van der Waals surface area contributed by atoms with Gasteiger partial charge in [-0.1, -0.05) is 37.3 Å². The van der Waals surface area contributed by atoms with Crippen molar-refractivity contribution in [3.63, 3.8) is 0 Å². The van der Waals surface area contributed by atoms with Gasteiger partial charge in [-0.25, -0.2) is 0 Å². The van der Waals surface area contributed by atoms with Crippen molar-refractivity contribution in [3.8, 4) is 0 Å². The van der Waals surface area contributed by atoms with Crippen LogP contribution in [0.4, 0.5) is 0 Å². The van der Waals surface area contributed by atoms with Gasteiger partial charge in [-0.15, -0.1) is 0 Å². The highest BCUT2D eigenvalue weighted by atomic mass is 32.2. The first-order valence-electron chi connectivity index (χ1n) is 6.18. The van der Waals surface area contributed by atoms with Crippen LogP contribution < -0.4 is 5.73 Å². The summed E-state index contributed by atoms with van der Waals surface area (Å²) in [6.45, 7) is 2.12. The monoisotopic (exact) mass is 267 g/mol. The van der Waals surface area contributed by atoms with Gasteiger partial charge in [0.1, 0.15) is 0 Å². The maximum atomic E-state index is 11.1. The van der Waals surface area contributed by atoms with Crippen LogP contribution in [0.5, 0.6) is 0 Å². The van der Waals surface area contributed by atoms with E-state index in [-0.39, 0.29) is 12.0 Å². The summed E-state index contributed by atoms with van der Waals surface area (Å²) >= 11 is 1.74. The van der Waals surface area contributed by atoms with Crippen molar-refractivity contribution >= 4 is 17.7 Å². The summed E-state index contributed by atoms with van der Waals surface area (Å²) in [7, 11) is 1.42. The van der Waals surface area contributed by atoms with Crippen LogP contribution in [0.2, 0.25) is 0 Å². The number of esters is 1. The lowest BCUT2D eigenvalue weighted by molar-refractivity contribution is -0.140. The Morgan fingerprint density at radius 3 is 2.61 bits per heavy atom. The first-order chi connectivity index (χ1) is 8.69. The molecule has 2 atom stereocenters. The van der Waals surface area contributed by atoms with E-state index in [0.717, 1.165) is 17.7 Å². The molecular weight excluding hydrogens is 246 g/mol. The number of thioether (sulfide) groups is 1. The molecule has 0 radical (unpaired) electrons. The second-order valence-corrected chi connectivity index (χ2v) is 5.43. The third-order valence-electron chi connectivity index (χ3n) is 2.85. The molecule has 100 valence electrons. The van der Waals surface area contributed by atoms with Crippen LogP contribution in [0, 0.1) is 0 Å². The number of carbonyl (C=O) groups is 1. The predicted molar refractivity (Wildman–Crippen MR) is 76.5 cm³/mol. The standard InChI is InChI=1S/C14H21NO2S/c1-3-12(18-10-9-13(16)17-2)14(15)11-7-5-4-6-8-11/h4-8,12,14H,3,9-10,15H2,1-2H3. The van der Waals surface area contributed by atoms with E-state index >= 15 is 0 Å². The SMILES string of the molecule is CCC(SCCC(=O)OC)C(N)c1ccccc1. The van der Waals surface area contributed by atoms with Crippen molar-refractivity contribution in [1.82, 2.24) is 0 Å². The summed E-state index contributed by atoms with van der Waals surface area (Å²) < 4.78 is 4.63. The average molecular weight is 267 g/mol. The second kappa shape index (κ2) is 8.16. The number of carbonyl (C=O) groups excluding carboxylic acids is 1. The van der Waals surface area contributed by atoms with Gasteiger partial charge in [0.05, 0.1) is 13.5 Å². The smallest absolute Gasteiger partial charge is 0.306 e. The topological polar surface area (TPSA) is 52.3 Å². The largest absolute Gasteiger partial charge is 0.469 e. The number of hydrogen-bond acceptors (Lipinski definition) is 4. The van der Waals surface area contributed by atoms with Crippen molar-refractivity contribution in [1.29, 1.82) is 0 Å². The van der Waals surface area contributed by atoms with E-state index in [1.54, 1.807) is 11.8 Å². The summed E-state index contributed by atoms with van der Waals surface area (Å²) in [6, 6.07) is 10.1. The van der Waals surface area contributed by atoms with Crippen LogP contribution in [0.25, 0.3) is 0 Å². The molecule has 0 aliphatic rings. The fraction of sp³-hybridized carbons (Fsp3) is 0.500. The minimum atomic E-state index is -0.161. The molecule has 1 rings (SSSR count). The molecular formula is C14H21NO2S. The van der Waals surface area contributed by atoms with E-state index in [9.17, 15) is 4.79 Å². The Morgan fingerprint density at radius 1 is 1.39 bits per heavy atom. The minimum Gasteiger partial charge on any atom is -0.469 e. The van der Waals surface area contributed by atoms with Gasteiger partial charge in [-0.05, 0) is 12.0 Å². The van der Waals surface area contributed by atoms with Gasteiger partial charge in [-0.2, -0.15) is 11.8 Å². The number of rotatable bonds is 7. The lowest BCUT2D eigenvalue weighted by Crippen LogP contribution is -2.23. The van der Waals surface area contributed by atoms with Gasteiger partial charge in [0.2, 0.25) is 0 Å². The summed E-state index contributed by atoms with van der Waals surface area (Å²) in [5.41, 5.74) is 7.41. The van der Waals surface area contributed by atoms with E-state index < -0.39 is 0 Å². The van der Waals surface area contributed by atoms with Crippen LogP contribution in [0.1, 0.15) is 31.4 Å². The molecule has 0 aliphatic carbocycles. The van der Waals surface area contributed by atoms with Gasteiger partial charge in [-0.3, -0.25) is 4.79 Å². The number of nitrogens with two attached hydrogens (primary N) is 1. The van der Waals surface area contributed by atoms with Crippen LogP contribution in [0.3, 0.4) is 0 Å². The zero-order valence-electron chi connectivity index (χ0n) is 11.0. The molecule has 0 heterocycles. The Labute approximate surface area is 113 Å². The molecule has 2 unspecified atom stereocenters. The average Bonchev–Trinajstić information content (AvgIpc) is 2.43. The number of ether oxygens (including phenoxy) is 1. The molecule has 18 heavy (non-hydrogen) atoms. The van der Waals surface area contributed by atoms with Crippen LogP contribution in [0.15, 0.2) is 30.3 Å². The number of hydrogen-bond donors (Lipinski definition) is 1. The third kappa shape index (κ3) is 4.70. The van der Waals surface area contributed by atoms with E-state index in [1.165, 1.54) is 7.11 Å². The summed E-state index contributed by atoms with van der Waals surface area (Å²) in [4.78, 5) is 11.1. The van der Waals surface area contributed by atoms with Crippen molar-refractivity contribution in [2.75, 3.05) is 12.9 Å². The lowest BCUT2D eigenvalue weighted by atomic mass is 10.0. The molecule has 0 fully saturated rings. The van der Waals surface area contributed by atoms with Crippen molar-refractivity contribution in [2.45, 2.75) is 31.1 Å². The zero-order chi connectivity index (χ0) is 13.4. The molecule has 0 bridgehead atoms. The van der Waals surface area contributed by atoms with E-state index in [2.05, 4.69) is 11.7 Å². The molecule has 0 aliphatic heterocycles. The van der Waals surface area contributed by atoms with Crippen molar-refractivity contribution in [2.24, 2.45) is 5.73 Å². The molecule has 0 saturated heterocycles. The summed E-state index contributed by atoms with van der Waals surface area (Å²) in [6.07, 6.45) is 1.43. The molecule has 0 aromatic heterocycles. The van der Waals surface area contributed by atoms with Crippen LogP contribution in [-0.4, -0.2) is 24.1 Å². The number of benzene rings is 1. The molecule has 0 saturated carbocycles. The van der Waals surface area contributed by atoms with Gasteiger partial charge < -0.3 is 10.5 Å². The van der Waals surface area contributed by atoms with Crippen LogP contribution >= 0.6 is 11.8 Å². The van der Waals surface area contributed by atoms with Crippen molar-refractivity contribution in [3.05, 3.63) is 35.9 Å². The van der Waals surface area contributed by atoms with Gasteiger partial charge >= 0.3 is 5.97 Å². The Morgan fingerprint density at radius 2 is 2.06 bits per heavy atom. The fourth-order valence-electron chi connectivity index (χ4n) is 1.76. The molecule has 0 spiro atoms. The fourth-order valence-corrected chi connectivity index (χ4v) is 2.95. The molecule has 4 heteroatoms. The van der Waals surface area contributed by atoms with Gasteiger partial charge in [0.25, 0.3) is 0 Å². The van der Waals surface area contributed by atoms with Crippen LogP contribution in [-0.2, 0) is 9.53 Å². The minimum absolute atomic E-state index is 0.0128. The van der Waals surface area contributed by atoms with Crippen molar-refractivity contribution < 1.29 is 9.53 Å². The summed E-state index contributed by atoms with van der Waals surface area (Å²) in [5, 5.41) is 0.331. The lowest BCUT2D eigenvalue weighted by Gasteiger charge is -2.22. The van der Waals surface area contributed by atoms with Gasteiger partial charge in [0.15, 0.2) is 0 Å². The highest BCUT2D eigenvalue weighted by Gasteiger charge is 2.18. The molecule has 3 nitrogen and oxygen atoms in total. The normalized spacial score (nSPS) is 13.9. The first-order valence-corrected chi connectivity index (χ1v) is 7.22. The highest BCUT2D eigenvalue weighted by Crippen LogP contribution is 2.27. The highest BCUT2D eigenvalue weighted by molar-refractivity contribution is 7.99. The Balaban J connectivity index is 2.48.